The molecular formula is C19H18BrClFN3O2. The molecular weight excluding hydrogens is 437 g/mol. The molecule has 1 aliphatic heterocycles. The summed E-state index contributed by atoms with van der Waals surface area (Å²) in [5.41, 5.74) is 1.03. The van der Waals surface area contributed by atoms with E-state index < -0.39 is 0 Å². The lowest BCUT2D eigenvalue weighted by atomic mass is 10.2. The molecule has 0 bridgehead atoms. The number of hydrogen-bond acceptors (Lipinski definition) is 3. The fraction of sp³-hybridized carbons (Fsp3) is 0.263. The molecule has 1 saturated heterocycles. The number of halogens is 3. The molecule has 0 saturated carbocycles. The Labute approximate surface area is 170 Å². The van der Waals surface area contributed by atoms with E-state index in [9.17, 15) is 14.0 Å². The van der Waals surface area contributed by atoms with Crippen LogP contribution in [0.15, 0.2) is 46.9 Å². The van der Waals surface area contributed by atoms with Gasteiger partial charge in [0.05, 0.1) is 17.1 Å². The van der Waals surface area contributed by atoms with Crippen molar-refractivity contribution < 1.29 is 14.0 Å². The highest BCUT2D eigenvalue weighted by molar-refractivity contribution is 9.10. The normalized spacial score (nSPS) is 14.9. The lowest BCUT2D eigenvalue weighted by Gasteiger charge is -2.34. The van der Waals surface area contributed by atoms with E-state index in [1.807, 2.05) is 4.90 Å². The summed E-state index contributed by atoms with van der Waals surface area (Å²) in [6.07, 6.45) is 0. The average molecular weight is 455 g/mol. The van der Waals surface area contributed by atoms with E-state index in [1.54, 1.807) is 23.1 Å². The number of carbonyl (C=O) groups excluding carboxylic acids is 2. The summed E-state index contributed by atoms with van der Waals surface area (Å²) >= 11 is 9.49. The Hall–Kier alpha value is -1.96. The molecule has 27 heavy (non-hydrogen) atoms. The van der Waals surface area contributed by atoms with Crippen LogP contribution in [0.2, 0.25) is 5.02 Å². The molecule has 2 aromatic rings. The van der Waals surface area contributed by atoms with Gasteiger partial charge in [-0.25, -0.2) is 4.39 Å². The maximum absolute atomic E-state index is 12.9. The van der Waals surface area contributed by atoms with Gasteiger partial charge >= 0.3 is 0 Å². The second-order valence-corrected chi connectivity index (χ2v) is 7.57. The third-order valence-electron chi connectivity index (χ3n) is 4.32. The Morgan fingerprint density at radius 2 is 1.74 bits per heavy atom. The Bertz CT molecular complexity index is 839. The molecule has 1 fully saturated rings. The molecule has 8 heteroatoms. The van der Waals surface area contributed by atoms with E-state index in [0.29, 0.717) is 42.5 Å². The van der Waals surface area contributed by atoms with E-state index in [2.05, 4.69) is 21.2 Å². The Morgan fingerprint density at radius 1 is 1.07 bits per heavy atom. The zero-order valence-corrected chi connectivity index (χ0v) is 16.8. The summed E-state index contributed by atoms with van der Waals surface area (Å²) in [6, 6.07) is 10.8. The van der Waals surface area contributed by atoms with Crippen molar-refractivity contribution in [2.24, 2.45) is 0 Å². The number of piperazine rings is 1. The highest BCUT2D eigenvalue weighted by Crippen LogP contribution is 2.23. The molecule has 142 valence electrons. The molecule has 2 aromatic carbocycles. The van der Waals surface area contributed by atoms with Gasteiger partial charge in [-0.05, 0) is 42.5 Å². The SMILES string of the molecule is O=C(CN1CCN(C(=O)c2ccc(Br)cc2Cl)CC1)Nc1ccc(F)cc1. The lowest BCUT2D eigenvalue weighted by molar-refractivity contribution is -0.117. The second kappa shape index (κ2) is 8.82. The van der Waals surface area contributed by atoms with Crippen molar-refractivity contribution in [1.29, 1.82) is 0 Å². The highest BCUT2D eigenvalue weighted by atomic mass is 79.9. The molecule has 0 spiro atoms. The summed E-state index contributed by atoms with van der Waals surface area (Å²) in [6.45, 7) is 2.45. The number of nitrogens with one attached hydrogen (secondary N) is 1. The standard InChI is InChI=1S/C19H18BrClFN3O2/c20-13-1-6-16(17(21)11-13)19(27)25-9-7-24(8-10-25)12-18(26)23-15-4-2-14(22)3-5-15/h1-6,11H,7-10,12H2,(H,23,26). The van der Waals surface area contributed by atoms with Crippen molar-refractivity contribution in [3.05, 3.63) is 63.3 Å². The number of benzene rings is 2. The molecule has 1 aliphatic rings. The maximum Gasteiger partial charge on any atom is 0.255 e. The second-order valence-electron chi connectivity index (χ2n) is 6.25. The number of anilines is 1. The predicted molar refractivity (Wildman–Crippen MR) is 107 cm³/mol. The van der Waals surface area contributed by atoms with Gasteiger partial charge < -0.3 is 10.2 Å². The molecule has 0 aromatic heterocycles. The third kappa shape index (κ3) is 5.28. The van der Waals surface area contributed by atoms with Crippen LogP contribution < -0.4 is 5.32 Å². The summed E-state index contributed by atoms with van der Waals surface area (Å²) in [5, 5.41) is 3.15. The number of carbonyl (C=O) groups is 2. The molecule has 0 unspecified atom stereocenters. The van der Waals surface area contributed by atoms with Gasteiger partial charge in [-0.1, -0.05) is 27.5 Å². The van der Waals surface area contributed by atoms with Crippen LogP contribution >= 0.6 is 27.5 Å². The molecule has 3 rings (SSSR count). The predicted octanol–water partition coefficient (Wildman–Crippen LogP) is 3.64. The highest BCUT2D eigenvalue weighted by Gasteiger charge is 2.24. The van der Waals surface area contributed by atoms with Crippen molar-refractivity contribution in [3.8, 4) is 0 Å². The number of amides is 2. The zero-order chi connectivity index (χ0) is 19.4. The van der Waals surface area contributed by atoms with Crippen molar-refractivity contribution in [2.75, 3.05) is 38.0 Å². The molecule has 0 aliphatic carbocycles. The van der Waals surface area contributed by atoms with Crippen LogP contribution in [0.25, 0.3) is 0 Å². The minimum absolute atomic E-state index is 0.108. The average Bonchev–Trinajstić information content (AvgIpc) is 2.64. The van der Waals surface area contributed by atoms with Gasteiger partial charge in [0.15, 0.2) is 0 Å². The molecule has 5 nitrogen and oxygen atoms in total. The lowest BCUT2D eigenvalue weighted by Crippen LogP contribution is -2.50. The van der Waals surface area contributed by atoms with E-state index in [-0.39, 0.29) is 24.2 Å². The van der Waals surface area contributed by atoms with Crippen LogP contribution in [0.5, 0.6) is 0 Å². The first-order valence-corrected chi connectivity index (χ1v) is 9.61. The molecule has 0 atom stereocenters. The van der Waals surface area contributed by atoms with Crippen LogP contribution in [0, 0.1) is 5.82 Å². The van der Waals surface area contributed by atoms with Gasteiger partial charge in [-0.15, -0.1) is 0 Å². The first-order valence-electron chi connectivity index (χ1n) is 8.44. The first kappa shape index (κ1) is 19.8. The molecule has 2 amide bonds. The largest absolute Gasteiger partial charge is 0.336 e. The van der Waals surface area contributed by atoms with Crippen molar-refractivity contribution >= 4 is 45.0 Å². The topological polar surface area (TPSA) is 52.7 Å². The van der Waals surface area contributed by atoms with E-state index >= 15 is 0 Å². The minimum atomic E-state index is -0.348. The Kier molecular flexibility index (Phi) is 6.46. The van der Waals surface area contributed by atoms with Crippen LogP contribution in [0.1, 0.15) is 10.4 Å². The monoisotopic (exact) mass is 453 g/mol. The summed E-state index contributed by atoms with van der Waals surface area (Å²) in [4.78, 5) is 28.5. The first-order chi connectivity index (χ1) is 12.9. The van der Waals surface area contributed by atoms with Crippen LogP contribution in [0.4, 0.5) is 10.1 Å². The smallest absolute Gasteiger partial charge is 0.255 e. The minimum Gasteiger partial charge on any atom is -0.336 e. The van der Waals surface area contributed by atoms with E-state index in [0.717, 1.165) is 4.47 Å². The maximum atomic E-state index is 12.9. The Morgan fingerprint density at radius 3 is 2.37 bits per heavy atom. The van der Waals surface area contributed by atoms with Gasteiger partial charge in [0, 0.05) is 36.3 Å². The van der Waals surface area contributed by atoms with Crippen molar-refractivity contribution in [2.45, 2.75) is 0 Å². The fourth-order valence-electron chi connectivity index (χ4n) is 2.88. The van der Waals surface area contributed by atoms with E-state index in [4.69, 9.17) is 11.6 Å². The van der Waals surface area contributed by atoms with E-state index in [1.165, 1.54) is 24.3 Å². The van der Waals surface area contributed by atoms with Crippen LogP contribution in [0.3, 0.4) is 0 Å². The number of rotatable bonds is 4. The van der Waals surface area contributed by atoms with Gasteiger partial charge in [-0.3, -0.25) is 14.5 Å². The van der Waals surface area contributed by atoms with Gasteiger partial charge in [-0.2, -0.15) is 0 Å². The molecule has 0 radical (unpaired) electrons. The number of nitrogens with zero attached hydrogens (tertiary/aromatic N) is 2. The fourth-order valence-corrected chi connectivity index (χ4v) is 3.63. The summed E-state index contributed by atoms with van der Waals surface area (Å²) in [7, 11) is 0. The van der Waals surface area contributed by atoms with Gasteiger partial charge in [0.25, 0.3) is 5.91 Å². The summed E-state index contributed by atoms with van der Waals surface area (Å²) < 4.78 is 13.7. The number of hydrogen-bond donors (Lipinski definition) is 1. The Balaban J connectivity index is 1.50. The van der Waals surface area contributed by atoms with Crippen molar-refractivity contribution in [3.63, 3.8) is 0 Å². The summed E-state index contributed by atoms with van der Waals surface area (Å²) in [5.74, 6) is -0.625. The zero-order valence-electron chi connectivity index (χ0n) is 14.4. The third-order valence-corrected chi connectivity index (χ3v) is 5.12. The molecule has 1 heterocycles. The van der Waals surface area contributed by atoms with Gasteiger partial charge in [0.2, 0.25) is 5.91 Å². The van der Waals surface area contributed by atoms with Gasteiger partial charge in [0.1, 0.15) is 5.82 Å². The quantitative estimate of drug-likeness (QED) is 0.767. The van der Waals surface area contributed by atoms with Crippen molar-refractivity contribution in [1.82, 2.24) is 9.80 Å². The molecule has 1 N–H and O–H groups in total. The van der Waals surface area contributed by atoms with Crippen LogP contribution in [-0.2, 0) is 4.79 Å². The van der Waals surface area contributed by atoms with Crippen LogP contribution in [-0.4, -0.2) is 54.3 Å².